The molecule has 0 bridgehead atoms. The lowest BCUT2D eigenvalue weighted by molar-refractivity contribution is -0.253. The van der Waals surface area contributed by atoms with Crippen LogP contribution in [0.2, 0.25) is 0 Å². The maximum Gasteiger partial charge on any atom is 0.168 e. The number of rotatable bonds is 18. The van der Waals surface area contributed by atoms with E-state index in [-0.39, 0.29) is 12.3 Å². The van der Waals surface area contributed by atoms with Gasteiger partial charge in [-0.2, -0.15) is 0 Å². The van der Waals surface area contributed by atoms with Gasteiger partial charge >= 0.3 is 0 Å². The minimum Gasteiger partial charge on any atom is -0.359 e. The van der Waals surface area contributed by atoms with Crippen LogP contribution in [0.25, 0.3) is 0 Å². The van der Waals surface area contributed by atoms with Crippen LogP contribution in [-0.4, -0.2) is 67.8 Å². The Balaban J connectivity index is 1.10. The normalized spacial score (nSPS) is 20.5. The highest BCUT2D eigenvalue weighted by atomic mass is 32.2. The summed E-state index contributed by atoms with van der Waals surface area (Å²) in [7, 11) is 0. The number of nitrogens with zero attached hydrogens (tertiary/aromatic N) is 2. The van der Waals surface area contributed by atoms with Gasteiger partial charge in [-0.15, -0.1) is 0 Å². The van der Waals surface area contributed by atoms with E-state index in [4.69, 9.17) is 18.9 Å². The summed E-state index contributed by atoms with van der Waals surface area (Å²) in [6, 6.07) is 13.5. The quantitative estimate of drug-likeness (QED) is 0.0871. The predicted molar refractivity (Wildman–Crippen MR) is 220 cm³/mol. The molecule has 10 heteroatoms. The second kappa shape index (κ2) is 19.5. The summed E-state index contributed by atoms with van der Waals surface area (Å²) in [5, 5.41) is 9.87. The van der Waals surface area contributed by atoms with E-state index in [1.54, 1.807) is 0 Å². The fourth-order valence-corrected chi connectivity index (χ4v) is 10.6. The maximum absolute atomic E-state index is 6.59. The van der Waals surface area contributed by atoms with Crippen LogP contribution in [0.5, 0.6) is 0 Å². The van der Waals surface area contributed by atoms with Crippen LogP contribution in [0.15, 0.2) is 67.6 Å². The average Bonchev–Trinajstić information content (AvgIpc) is 3.42. The van der Waals surface area contributed by atoms with Crippen molar-refractivity contribution in [1.29, 1.82) is 0 Å². The van der Waals surface area contributed by atoms with Gasteiger partial charge in [0, 0.05) is 22.6 Å². The van der Waals surface area contributed by atoms with Gasteiger partial charge in [-0.25, -0.2) is 0 Å². The van der Waals surface area contributed by atoms with Gasteiger partial charge in [0.25, 0.3) is 0 Å². The van der Waals surface area contributed by atoms with Crippen LogP contribution < -0.4 is 10.6 Å². The molecule has 0 spiro atoms. The summed E-state index contributed by atoms with van der Waals surface area (Å²) in [6.07, 6.45) is 6.81. The highest BCUT2D eigenvalue weighted by molar-refractivity contribution is 8.03. The van der Waals surface area contributed by atoms with E-state index in [1.807, 2.05) is 23.5 Å². The zero-order chi connectivity index (χ0) is 38.1. The lowest BCUT2D eigenvalue weighted by Crippen LogP contribution is -2.40. The van der Waals surface area contributed by atoms with Crippen molar-refractivity contribution >= 4 is 23.5 Å². The Morgan fingerprint density at radius 3 is 1.34 bits per heavy atom. The van der Waals surface area contributed by atoms with Gasteiger partial charge in [0.05, 0.1) is 60.2 Å². The molecule has 1 fully saturated rings. The standard InChI is InChI=1S/C43H66N4O4S2/c1-29(2)39-41(52-37-23-31(5)21-32(6)24-37)44-35(9)46(39)27-48-17-19-50-43(15-13-11-12-14-16-43)51-20-18-49-28-47-36(10)45-42(40(47)30(3)4)53-38-25-33(7)22-34(8)26-38/h21-26,29-30,35-36,44-45H,11-20,27-28H2,1-10H3. The van der Waals surface area contributed by atoms with Crippen LogP contribution in [0.1, 0.15) is 102 Å². The zero-order valence-corrected chi connectivity index (χ0v) is 35.7. The Morgan fingerprint density at radius 2 is 0.981 bits per heavy atom. The highest BCUT2D eigenvalue weighted by Gasteiger charge is 2.35. The Kier molecular flexibility index (Phi) is 15.4. The molecule has 5 rings (SSSR count). The number of nitrogens with one attached hydrogen (secondary N) is 2. The van der Waals surface area contributed by atoms with Gasteiger partial charge in [-0.1, -0.05) is 76.2 Å². The van der Waals surface area contributed by atoms with E-state index in [0.29, 0.717) is 51.7 Å². The molecule has 2 heterocycles. The molecule has 0 aromatic heterocycles. The highest BCUT2D eigenvalue weighted by Crippen LogP contribution is 2.39. The zero-order valence-electron chi connectivity index (χ0n) is 34.1. The van der Waals surface area contributed by atoms with E-state index in [1.165, 1.54) is 66.3 Å². The minimum absolute atomic E-state index is 0.160. The molecule has 2 aromatic rings. The van der Waals surface area contributed by atoms with Crippen LogP contribution in [0.4, 0.5) is 0 Å². The fraction of sp³-hybridized carbons (Fsp3) is 0.628. The maximum atomic E-state index is 6.59. The topological polar surface area (TPSA) is 67.5 Å². The van der Waals surface area contributed by atoms with E-state index >= 15 is 0 Å². The molecule has 1 aliphatic carbocycles. The van der Waals surface area contributed by atoms with Crippen molar-refractivity contribution in [2.45, 2.75) is 136 Å². The lowest BCUT2D eigenvalue weighted by atomic mass is 10.1. The number of hydrogen-bond acceptors (Lipinski definition) is 10. The van der Waals surface area contributed by atoms with Crippen molar-refractivity contribution < 1.29 is 18.9 Å². The molecule has 3 aliphatic rings. The number of allylic oxidation sites excluding steroid dienone is 2. The summed E-state index contributed by atoms with van der Waals surface area (Å²) >= 11 is 3.64. The third-order valence-electron chi connectivity index (χ3n) is 10.1. The summed E-state index contributed by atoms with van der Waals surface area (Å²) in [5.74, 6) is 0.158. The van der Waals surface area contributed by atoms with Crippen molar-refractivity contribution in [2.24, 2.45) is 11.8 Å². The van der Waals surface area contributed by atoms with Gasteiger partial charge in [0.1, 0.15) is 13.5 Å². The molecule has 0 radical (unpaired) electrons. The van der Waals surface area contributed by atoms with Gasteiger partial charge in [0.2, 0.25) is 0 Å². The van der Waals surface area contributed by atoms with Gasteiger partial charge < -0.3 is 39.4 Å². The van der Waals surface area contributed by atoms with Crippen molar-refractivity contribution in [3.05, 3.63) is 80.1 Å². The molecule has 294 valence electrons. The van der Waals surface area contributed by atoms with E-state index < -0.39 is 5.79 Å². The number of thioether (sulfide) groups is 2. The number of benzene rings is 2. The van der Waals surface area contributed by atoms with Crippen molar-refractivity contribution in [3.8, 4) is 0 Å². The third kappa shape index (κ3) is 11.6. The molecule has 0 amide bonds. The van der Waals surface area contributed by atoms with Crippen LogP contribution in [0, 0.1) is 39.5 Å². The molecular formula is C43H66N4O4S2. The lowest BCUT2D eigenvalue weighted by Gasteiger charge is -2.34. The van der Waals surface area contributed by atoms with Gasteiger partial charge in [-0.3, -0.25) is 0 Å². The van der Waals surface area contributed by atoms with Crippen LogP contribution >= 0.6 is 23.5 Å². The molecule has 2 N–H and O–H groups in total. The van der Waals surface area contributed by atoms with Crippen LogP contribution in [0.3, 0.4) is 0 Å². The van der Waals surface area contributed by atoms with E-state index in [2.05, 4.69) is 126 Å². The largest absolute Gasteiger partial charge is 0.359 e. The Hall–Kier alpha value is -2.34. The molecule has 2 unspecified atom stereocenters. The average molecular weight is 767 g/mol. The molecule has 1 saturated carbocycles. The van der Waals surface area contributed by atoms with Crippen molar-refractivity contribution in [3.63, 3.8) is 0 Å². The molecule has 2 aromatic carbocycles. The Labute approximate surface area is 329 Å². The molecular weight excluding hydrogens is 701 g/mol. The first kappa shape index (κ1) is 41.8. The second-order valence-corrected chi connectivity index (χ2v) is 17.9. The fourth-order valence-electron chi connectivity index (χ4n) is 7.79. The molecule has 2 aliphatic heterocycles. The van der Waals surface area contributed by atoms with Crippen molar-refractivity contribution in [2.75, 3.05) is 39.9 Å². The summed E-state index contributed by atoms with van der Waals surface area (Å²) in [4.78, 5) is 7.24. The monoisotopic (exact) mass is 766 g/mol. The minimum atomic E-state index is -0.578. The summed E-state index contributed by atoms with van der Waals surface area (Å²) in [6.45, 7) is 25.2. The summed E-state index contributed by atoms with van der Waals surface area (Å²) in [5.41, 5.74) is 7.77. The second-order valence-electron chi connectivity index (χ2n) is 15.8. The molecule has 8 nitrogen and oxygen atoms in total. The first-order valence-electron chi connectivity index (χ1n) is 19.8. The van der Waals surface area contributed by atoms with Gasteiger partial charge in [0.15, 0.2) is 5.79 Å². The number of ether oxygens (including phenoxy) is 4. The Morgan fingerprint density at radius 1 is 0.604 bits per heavy atom. The molecule has 53 heavy (non-hydrogen) atoms. The van der Waals surface area contributed by atoms with Crippen LogP contribution in [-0.2, 0) is 18.9 Å². The smallest absolute Gasteiger partial charge is 0.168 e. The third-order valence-corrected chi connectivity index (χ3v) is 12.1. The number of aryl methyl sites for hydroxylation is 4. The first-order chi connectivity index (χ1) is 25.3. The van der Waals surface area contributed by atoms with Gasteiger partial charge in [-0.05, 0) is 113 Å². The molecule has 0 saturated heterocycles. The molecule has 2 atom stereocenters. The van der Waals surface area contributed by atoms with E-state index in [9.17, 15) is 0 Å². The first-order valence-corrected chi connectivity index (χ1v) is 21.5. The van der Waals surface area contributed by atoms with Crippen molar-refractivity contribution in [1.82, 2.24) is 20.4 Å². The summed E-state index contributed by atoms with van der Waals surface area (Å²) < 4.78 is 25.8. The van der Waals surface area contributed by atoms with E-state index in [0.717, 1.165) is 25.7 Å². The Bertz CT molecular complexity index is 1420. The SMILES string of the molecule is Cc1cc(C)cc(SC2=C(C(C)C)N(COCCOC3(OCCOCN4C(C(C)C)=C(Sc5cc(C)cc(C)c5)NC4C)CCCCCC3)C(C)N2)c1. The number of hydrogen-bond donors (Lipinski definition) is 2. The predicted octanol–water partition coefficient (Wildman–Crippen LogP) is 9.99.